The van der Waals surface area contributed by atoms with Gasteiger partial charge in [-0.1, -0.05) is 0 Å². The normalized spacial score (nSPS) is 12.1. The molecule has 0 unspecified atom stereocenters. The van der Waals surface area contributed by atoms with E-state index in [1.54, 1.807) is 13.0 Å². The van der Waals surface area contributed by atoms with Crippen molar-refractivity contribution in [3.05, 3.63) is 40.2 Å². The first-order chi connectivity index (χ1) is 17.3. The lowest BCUT2D eigenvalue weighted by atomic mass is 10.1. The molecule has 2 aromatic rings. The number of rotatable bonds is 11. The number of carboxylic acid groups (broad SMARTS) is 1. The Kier molecular flexibility index (Phi) is 9.86. The molecular formula is C23H27N5O9. The molecule has 1 heterocycles. The first-order valence-corrected chi connectivity index (χ1v) is 11.0. The fourth-order valence-electron chi connectivity index (χ4n) is 3.12. The Morgan fingerprint density at radius 1 is 0.946 bits per heavy atom. The Hall–Kier alpha value is -4.75. The Morgan fingerprint density at radius 3 is 2.27 bits per heavy atom. The standard InChI is InChI=1S/C23H27N5O9/c1-11-6-21(34)37-17-7-14(4-5-15(11)17)27-23(36)16(8-20(32)33)28-22(35)12(2)26-19(31)10-25-18(30)9-24-13(3)29/h4-7,12,16H,8-10H2,1-3H3,(H,24,29)(H,25,30)(H,26,31)(H,27,36)(H,28,35)(H,32,33)/t12-,16-/m0/s1. The van der Waals surface area contributed by atoms with Crippen LogP contribution in [0.3, 0.4) is 0 Å². The fraction of sp³-hybridized carbons (Fsp3) is 0.348. The van der Waals surface area contributed by atoms with Crippen LogP contribution in [0.25, 0.3) is 11.0 Å². The van der Waals surface area contributed by atoms with Gasteiger partial charge in [-0.15, -0.1) is 0 Å². The van der Waals surface area contributed by atoms with E-state index in [0.717, 1.165) is 0 Å². The van der Waals surface area contributed by atoms with Gasteiger partial charge in [-0.25, -0.2) is 4.79 Å². The minimum Gasteiger partial charge on any atom is -0.481 e. The molecule has 0 spiro atoms. The summed E-state index contributed by atoms with van der Waals surface area (Å²) >= 11 is 0. The molecule has 14 heteroatoms. The minimum atomic E-state index is -1.50. The summed E-state index contributed by atoms with van der Waals surface area (Å²) in [7, 11) is 0. The third kappa shape index (κ3) is 9.08. The number of benzene rings is 1. The van der Waals surface area contributed by atoms with Crippen molar-refractivity contribution in [2.45, 2.75) is 39.3 Å². The second kappa shape index (κ2) is 12.8. The molecule has 14 nitrogen and oxygen atoms in total. The van der Waals surface area contributed by atoms with Crippen LogP contribution in [0.2, 0.25) is 0 Å². The summed E-state index contributed by atoms with van der Waals surface area (Å²) in [6, 6.07) is 3.17. The van der Waals surface area contributed by atoms with Crippen molar-refractivity contribution < 1.29 is 38.3 Å². The Bertz CT molecular complexity index is 1290. The quantitative estimate of drug-likeness (QED) is 0.196. The van der Waals surface area contributed by atoms with Crippen LogP contribution >= 0.6 is 0 Å². The number of fused-ring (bicyclic) bond motifs is 1. The second-order valence-electron chi connectivity index (χ2n) is 8.08. The van der Waals surface area contributed by atoms with Crippen LogP contribution in [0.15, 0.2) is 33.5 Å². The number of amides is 5. The topological polar surface area (TPSA) is 213 Å². The number of carbonyl (C=O) groups is 6. The Balaban J connectivity index is 1.99. The van der Waals surface area contributed by atoms with E-state index in [-0.39, 0.29) is 17.8 Å². The molecular weight excluding hydrogens is 490 g/mol. The minimum absolute atomic E-state index is 0.201. The highest BCUT2D eigenvalue weighted by Crippen LogP contribution is 2.21. The zero-order valence-corrected chi connectivity index (χ0v) is 20.3. The van der Waals surface area contributed by atoms with Crippen LogP contribution in [-0.4, -0.2) is 65.8 Å². The molecule has 0 aliphatic heterocycles. The molecule has 0 bridgehead atoms. The van der Waals surface area contributed by atoms with Crippen LogP contribution in [0.5, 0.6) is 0 Å². The van der Waals surface area contributed by atoms with Crippen LogP contribution < -0.4 is 32.2 Å². The Morgan fingerprint density at radius 2 is 1.62 bits per heavy atom. The summed E-state index contributed by atoms with van der Waals surface area (Å²) in [5, 5.41) is 21.4. The zero-order chi connectivity index (χ0) is 27.7. The number of aryl methyl sites for hydroxylation is 1. The van der Waals surface area contributed by atoms with Gasteiger partial charge in [0, 0.05) is 30.1 Å². The van der Waals surface area contributed by atoms with Crippen LogP contribution in [0.4, 0.5) is 5.69 Å². The summed E-state index contributed by atoms with van der Waals surface area (Å²) in [5.41, 5.74) is 0.505. The number of carboxylic acids is 1. The number of carbonyl (C=O) groups excluding carboxylic acids is 5. The van der Waals surface area contributed by atoms with Gasteiger partial charge in [-0.3, -0.25) is 28.8 Å². The van der Waals surface area contributed by atoms with E-state index in [2.05, 4.69) is 26.6 Å². The van der Waals surface area contributed by atoms with Crippen LogP contribution in [-0.2, 0) is 28.8 Å². The van der Waals surface area contributed by atoms with Gasteiger partial charge < -0.3 is 36.1 Å². The molecule has 0 saturated heterocycles. The number of anilines is 1. The largest absolute Gasteiger partial charge is 0.481 e. The van der Waals surface area contributed by atoms with Crippen molar-refractivity contribution in [2.24, 2.45) is 0 Å². The summed E-state index contributed by atoms with van der Waals surface area (Å²) in [6.07, 6.45) is -0.751. The van der Waals surface area contributed by atoms with Crippen molar-refractivity contribution in [1.82, 2.24) is 21.3 Å². The average molecular weight is 517 g/mol. The molecule has 2 rings (SSSR count). The third-order valence-electron chi connectivity index (χ3n) is 4.95. The van der Waals surface area contributed by atoms with Gasteiger partial charge in [-0.2, -0.15) is 0 Å². The van der Waals surface area contributed by atoms with E-state index in [9.17, 15) is 38.7 Å². The molecule has 0 aliphatic rings. The molecule has 1 aromatic carbocycles. The predicted molar refractivity (Wildman–Crippen MR) is 129 cm³/mol. The van der Waals surface area contributed by atoms with Crippen LogP contribution in [0.1, 0.15) is 25.8 Å². The zero-order valence-electron chi connectivity index (χ0n) is 20.3. The number of nitrogens with one attached hydrogen (secondary N) is 5. The number of hydrogen-bond acceptors (Lipinski definition) is 8. The second-order valence-corrected chi connectivity index (χ2v) is 8.08. The Labute approximate surface area is 210 Å². The number of hydrogen-bond donors (Lipinski definition) is 6. The monoisotopic (exact) mass is 517 g/mol. The van der Waals surface area contributed by atoms with Crippen molar-refractivity contribution in [3.63, 3.8) is 0 Å². The maximum atomic E-state index is 12.7. The molecule has 6 N–H and O–H groups in total. The molecule has 37 heavy (non-hydrogen) atoms. The maximum Gasteiger partial charge on any atom is 0.336 e. The molecule has 5 amide bonds. The van der Waals surface area contributed by atoms with E-state index in [1.165, 1.54) is 32.0 Å². The van der Waals surface area contributed by atoms with Gasteiger partial charge in [-0.05, 0) is 31.5 Å². The van der Waals surface area contributed by atoms with Gasteiger partial charge >= 0.3 is 11.6 Å². The first kappa shape index (κ1) is 28.5. The molecule has 1 aromatic heterocycles. The SMILES string of the molecule is CC(=O)NCC(=O)NCC(=O)N[C@@H](C)C(=O)N[C@@H](CC(=O)O)C(=O)Nc1ccc2c(C)cc(=O)oc2c1. The van der Waals surface area contributed by atoms with Crippen molar-refractivity contribution in [1.29, 1.82) is 0 Å². The van der Waals surface area contributed by atoms with Gasteiger partial charge in [0.25, 0.3) is 0 Å². The van der Waals surface area contributed by atoms with Gasteiger partial charge in [0.2, 0.25) is 29.5 Å². The molecule has 198 valence electrons. The summed E-state index contributed by atoms with van der Waals surface area (Å²) in [5.74, 6) is -4.84. The van der Waals surface area contributed by atoms with E-state index >= 15 is 0 Å². The lowest BCUT2D eigenvalue weighted by molar-refractivity contribution is -0.140. The van der Waals surface area contributed by atoms with Gasteiger partial charge in [0.15, 0.2) is 0 Å². The molecule has 0 saturated carbocycles. The molecule has 0 aliphatic carbocycles. The van der Waals surface area contributed by atoms with Gasteiger partial charge in [0.05, 0.1) is 19.5 Å². The lowest BCUT2D eigenvalue weighted by Crippen LogP contribution is -2.53. The predicted octanol–water partition coefficient (Wildman–Crippen LogP) is -1.24. The molecule has 0 fully saturated rings. The van der Waals surface area contributed by atoms with Crippen molar-refractivity contribution in [3.8, 4) is 0 Å². The van der Waals surface area contributed by atoms with Crippen LogP contribution in [0, 0.1) is 6.92 Å². The highest BCUT2D eigenvalue weighted by atomic mass is 16.4. The van der Waals surface area contributed by atoms with E-state index in [4.69, 9.17) is 4.42 Å². The summed E-state index contributed by atoms with van der Waals surface area (Å²) in [4.78, 5) is 82.5. The average Bonchev–Trinajstić information content (AvgIpc) is 2.80. The number of aliphatic carboxylic acids is 1. The fourth-order valence-corrected chi connectivity index (χ4v) is 3.12. The highest BCUT2D eigenvalue weighted by molar-refractivity contribution is 6.01. The van der Waals surface area contributed by atoms with Gasteiger partial charge in [0.1, 0.15) is 17.7 Å². The first-order valence-electron chi connectivity index (χ1n) is 11.0. The lowest BCUT2D eigenvalue weighted by Gasteiger charge is -2.20. The summed E-state index contributed by atoms with van der Waals surface area (Å²) < 4.78 is 5.13. The van der Waals surface area contributed by atoms with E-state index in [0.29, 0.717) is 10.9 Å². The van der Waals surface area contributed by atoms with E-state index < -0.39 is 66.2 Å². The van der Waals surface area contributed by atoms with E-state index in [1.807, 2.05) is 0 Å². The maximum absolute atomic E-state index is 12.7. The molecule has 2 atom stereocenters. The third-order valence-corrected chi connectivity index (χ3v) is 4.95. The highest BCUT2D eigenvalue weighted by Gasteiger charge is 2.27. The smallest absolute Gasteiger partial charge is 0.336 e. The van der Waals surface area contributed by atoms with Crippen molar-refractivity contribution >= 4 is 52.2 Å². The van der Waals surface area contributed by atoms with Crippen molar-refractivity contribution in [2.75, 3.05) is 18.4 Å². The summed E-state index contributed by atoms with van der Waals surface area (Å²) in [6.45, 7) is 3.44. The molecule has 0 radical (unpaired) electrons.